The smallest absolute Gasteiger partial charge is 0.319 e. The molecule has 21 heavy (non-hydrogen) atoms. The van der Waals surface area contributed by atoms with Crippen molar-refractivity contribution >= 4 is 22.7 Å². The predicted octanol–water partition coefficient (Wildman–Crippen LogP) is 3.62. The molecule has 0 atom stereocenters. The van der Waals surface area contributed by atoms with Gasteiger partial charge in [0.2, 0.25) is 5.75 Å². The topological polar surface area (TPSA) is 131 Å². The lowest BCUT2D eigenvalue weighted by atomic mass is 10.2. The Morgan fingerprint density at radius 2 is 1.62 bits per heavy atom. The molecule has 0 saturated heterocycles. The van der Waals surface area contributed by atoms with Crippen molar-refractivity contribution in [1.29, 1.82) is 0 Å². The van der Waals surface area contributed by atoms with E-state index in [0.717, 1.165) is 6.07 Å². The Balaban J connectivity index is 2.50. The molecule has 0 fully saturated rings. The van der Waals surface area contributed by atoms with E-state index < -0.39 is 27.0 Å². The van der Waals surface area contributed by atoms with Crippen LogP contribution in [0.1, 0.15) is 0 Å². The van der Waals surface area contributed by atoms with Gasteiger partial charge in [0, 0.05) is 6.07 Å². The zero-order chi connectivity index (χ0) is 15.4. The zero-order valence-corrected chi connectivity index (χ0v) is 10.4. The van der Waals surface area contributed by atoms with Crippen molar-refractivity contribution in [2.45, 2.75) is 0 Å². The largest absolute Gasteiger partial charge is 0.501 e. The van der Waals surface area contributed by atoms with Gasteiger partial charge in [-0.1, -0.05) is 18.2 Å². The Labute approximate surface area is 117 Å². The van der Waals surface area contributed by atoms with Crippen LogP contribution < -0.4 is 0 Å². The molecule has 0 bridgehead atoms. The van der Waals surface area contributed by atoms with E-state index in [1.807, 2.05) is 0 Å². The van der Waals surface area contributed by atoms with Crippen molar-refractivity contribution in [3.63, 3.8) is 0 Å². The highest BCUT2D eigenvalue weighted by atomic mass is 16.6. The molecule has 0 heterocycles. The maximum atomic E-state index is 10.8. The maximum Gasteiger partial charge on any atom is 0.319 e. The average molecular weight is 288 g/mol. The molecule has 9 nitrogen and oxygen atoms in total. The average Bonchev–Trinajstić information content (AvgIpc) is 2.46. The van der Waals surface area contributed by atoms with E-state index in [2.05, 4.69) is 10.2 Å². The molecule has 0 spiro atoms. The summed E-state index contributed by atoms with van der Waals surface area (Å²) >= 11 is 0. The Bertz CT molecular complexity index is 730. The highest BCUT2D eigenvalue weighted by molar-refractivity contribution is 5.67. The molecule has 2 rings (SSSR count). The van der Waals surface area contributed by atoms with Gasteiger partial charge in [0.15, 0.2) is 0 Å². The third-order valence-corrected chi connectivity index (χ3v) is 2.49. The Morgan fingerprint density at radius 1 is 0.952 bits per heavy atom. The molecule has 0 unspecified atom stereocenters. The lowest BCUT2D eigenvalue weighted by Gasteiger charge is -2.00. The number of nitrogens with zero attached hydrogens (tertiary/aromatic N) is 4. The van der Waals surface area contributed by atoms with Gasteiger partial charge in [0.1, 0.15) is 5.69 Å². The molecular weight excluding hydrogens is 280 g/mol. The Hall–Kier alpha value is -3.36. The van der Waals surface area contributed by atoms with Crippen LogP contribution in [-0.2, 0) is 0 Å². The second-order valence-electron chi connectivity index (χ2n) is 3.88. The summed E-state index contributed by atoms with van der Waals surface area (Å²) in [7, 11) is 0. The molecule has 0 amide bonds. The predicted molar refractivity (Wildman–Crippen MR) is 72.0 cm³/mol. The molecule has 0 aromatic heterocycles. The van der Waals surface area contributed by atoms with E-state index in [-0.39, 0.29) is 5.69 Å². The fraction of sp³-hybridized carbons (Fsp3) is 0. The first-order valence-electron chi connectivity index (χ1n) is 5.61. The first-order chi connectivity index (χ1) is 9.99. The molecule has 0 saturated carbocycles. The number of nitro groups is 2. The van der Waals surface area contributed by atoms with E-state index in [4.69, 9.17) is 0 Å². The minimum atomic E-state index is -0.927. The third kappa shape index (κ3) is 3.15. The molecule has 1 N–H and O–H groups in total. The molecule has 0 aliphatic carbocycles. The number of rotatable bonds is 4. The summed E-state index contributed by atoms with van der Waals surface area (Å²) in [5.41, 5.74) is -1.27. The quantitative estimate of drug-likeness (QED) is 0.521. The van der Waals surface area contributed by atoms with Crippen molar-refractivity contribution in [3.05, 3.63) is 62.7 Å². The van der Waals surface area contributed by atoms with Crippen LogP contribution >= 0.6 is 0 Å². The van der Waals surface area contributed by atoms with Gasteiger partial charge in [0.05, 0.1) is 21.6 Å². The number of benzene rings is 2. The molecule has 0 radical (unpaired) electrons. The molecule has 2 aromatic carbocycles. The standard InChI is InChI=1S/C12H8N4O5/c17-12-10(14-13-8-4-2-1-3-5-8)6-9(15(18)19)7-11(12)16(20)21/h1-7,17H. The summed E-state index contributed by atoms with van der Waals surface area (Å²) in [5.74, 6) is -0.773. The number of phenols is 1. The number of hydrogen-bond acceptors (Lipinski definition) is 7. The van der Waals surface area contributed by atoms with Crippen molar-refractivity contribution in [1.82, 2.24) is 0 Å². The number of nitro benzene ring substituents is 2. The molecule has 0 aliphatic rings. The molecule has 2 aromatic rings. The SMILES string of the molecule is O=[N+]([O-])c1cc(N=Nc2ccccc2)c(O)c([N+](=O)[O-])c1. The Morgan fingerprint density at radius 3 is 2.19 bits per heavy atom. The van der Waals surface area contributed by atoms with Crippen LogP contribution in [0.4, 0.5) is 22.7 Å². The van der Waals surface area contributed by atoms with Crippen LogP contribution in [0, 0.1) is 20.2 Å². The van der Waals surface area contributed by atoms with Crippen LogP contribution in [0.5, 0.6) is 5.75 Å². The summed E-state index contributed by atoms with van der Waals surface area (Å²) in [4.78, 5) is 19.8. The fourth-order valence-corrected chi connectivity index (χ4v) is 1.52. The van der Waals surface area contributed by atoms with Gasteiger partial charge in [-0.2, -0.15) is 5.11 Å². The third-order valence-electron chi connectivity index (χ3n) is 2.49. The van der Waals surface area contributed by atoms with E-state index in [9.17, 15) is 25.3 Å². The molecular formula is C12H8N4O5. The minimum Gasteiger partial charge on any atom is -0.501 e. The summed E-state index contributed by atoms with van der Waals surface area (Å²) in [6, 6.07) is 9.97. The van der Waals surface area contributed by atoms with Gasteiger partial charge in [-0.25, -0.2) is 0 Å². The second-order valence-corrected chi connectivity index (χ2v) is 3.88. The Kier molecular flexibility index (Phi) is 3.84. The zero-order valence-electron chi connectivity index (χ0n) is 10.4. The summed E-state index contributed by atoms with van der Waals surface area (Å²) in [6.45, 7) is 0. The highest BCUT2D eigenvalue weighted by Crippen LogP contribution is 2.40. The minimum absolute atomic E-state index is 0.347. The number of aromatic hydroxyl groups is 1. The molecule has 106 valence electrons. The van der Waals surface area contributed by atoms with Crippen molar-refractivity contribution in [2.75, 3.05) is 0 Å². The summed E-state index contributed by atoms with van der Waals surface area (Å²) in [5, 5.41) is 38.6. The van der Waals surface area contributed by atoms with Crippen LogP contribution in [0.2, 0.25) is 0 Å². The van der Waals surface area contributed by atoms with Crippen molar-refractivity contribution < 1.29 is 15.0 Å². The van der Waals surface area contributed by atoms with E-state index in [1.54, 1.807) is 30.3 Å². The first kappa shape index (κ1) is 14.1. The fourth-order valence-electron chi connectivity index (χ4n) is 1.52. The van der Waals surface area contributed by atoms with Crippen LogP contribution in [0.25, 0.3) is 0 Å². The van der Waals surface area contributed by atoms with Gasteiger partial charge in [-0.05, 0) is 12.1 Å². The number of non-ortho nitro benzene ring substituents is 1. The van der Waals surface area contributed by atoms with Crippen molar-refractivity contribution in [3.8, 4) is 5.75 Å². The van der Waals surface area contributed by atoms with Crippen LogP contribution in [0.3, 0.4) is 0 Å². The number of phenolic OH excluding ortho intramolecular Hbond substituents is 1. The van der Waals surface area contributed by atoms with Crippen LogP contribution in [0.15, 0.2) is 52.7 Å². The monoisotopic (exact) mass is 288 g/mol. The number of hydrogen-bond donors (Lipinski definition) is 1. The lowest BCUT2D eigenvalue weighted by molar-refractivity contribution is -0.394. The molecule has 9 heteroatoms. The second kappa shape index (κ2) is 5.74. The van der Waals surface area contributed by atoms with E-state index in [0.29, 0.717) is 11.8 Å². The van der Waals surface area contributed by atoms with Gasteiger partial charge in [-0.15, -0.1) is 5.11 Å². The van der Waals surface area contributed by atoms with Crippen molar-refractivity contribution in [2.24, 2.45) is 10.2 Å². The van der Waals surface area contributed by atoms with E-state index in [1.165, 1.54) is 0 Å². The lowest BCUT2D eigenvalue weighted by Crippen LogP contribution is -1.93. The first-order valence-corrected chi connectivity index (χ1v) is 5.61. The van der Waals surface area contributed by atoms with Gasteiger partial charge in [-0.3, -0.25) is 20.2 Å². The number of azo groups is 1. The highest BCUT2D eigenvalue weighted by Gasteiger charge is 2.23. The van der Waals surface area contributed by atoms with Gasteiger partial charge in [0.25, 0.3) is 5.69 Å². The summed E-state index contributed by atoms with van der Waals surface area (Å²) < 4.78 is 0. The van der Waals surface area contributed by atoms with Gasteiger partial charge >= 0.3 is 5.69 Å². The maximum absolute atomic E-state index is 10.8. The van der Waals surface area contributed by atoms with Gasteiger partial charge < -0.3 is 5.11 Å². The summed E-state index contributed by atoms with van der Waals surface area (Å²) in [6.07, 6.45) is 0. The van der Waals surface area contributed by atoms with E-state index >= 15 is 0 Å². The molecule has 0 aliphatic heterocycles. The van der Waals surface area contributed by atoms with Crippen LogP contribution in [-0.4, -0.2) is 15.0 Å². The normalized spacial score (nSPS) is 10.7.